The van der Waals surface area contributed by atoms with Crippen molar-refractivity contribution in [1.82, 2.24) is 5.32 Å². The molecule has 57 heavy (non-hydrogen) atoms. The van der Waals surface area contributed by atoms with Gasteiger partial charge < -0.3 is 19.5 Å². The monoisotopic (exact) mass is 811 g/mol. The molecule has 12 heteroatoms. The lowest BCUT2D eigenvalue weighted by Gasteiger charge is -2.71. The Hall–Kier alpha value is -3.25. The Bertz CT molecular complexity index is 1860. The van der Waals surface area contributed by atoms with Crippen LogP contribution in [0.1, 0.15) is 131 Å². The molecule has 0 aliphatic heterocycles. The Labute approximate surface area is 339 Å². The second-order valence-electron chi connectivity index (χ2n) is 20.1. The molecule has 0 radical (unpaired) electrons. The van der Waals surface area contributed by atoms with E-state index in [0.717, 1.165) is 69.8 Å². The summed E-state index contributed by atoms with van der Waals surface area (Å²) in [4.78, 5) is 52.3. The van der Waals surface area contributed by atoms with Crippen molar-refractivity contribution >= 4 is 33.9 Å². The van der Waals surface area contributed by atoms with Crippen molar-refractivity contribution in [3.8, 4) is 0 Å². The molecule has 5 aliphatic carbocycles. The first-order valence-electron chi connectivity index (χ1n) is 21.1. The highest BCUT2D eigenvalue weighted by atomic mass is 32.2. The first kappa shape index (κ1) is 43.3. The number of carbonyl (C=O) groups excluding carboxylic acids is 4. The van der Waals surface area contributed by atoms with Gasteiger partial charge in [0, 0.05) is 18.4 Å². The SMILES string of the molecule is CC1(C)CC[C@]2(C(=O)OCC(=O)OCc3ccccc3)CC[C@]3(C)C(=CC[C@@H]4[C@@]5(C)CC[C@H](OC(=O)CCC(=O)NCCS(=O)(=O)O)C(C)(C)[C@@H]5CC[C@]43C)[C@@H]2C1. The third-order valence-corrected chi connectivity index (χ3v) is 16.8. The van der Waals surface area contributed by atoms with E-state index in [0.29, 0.717) is 11.8 Å². The van der Waals surface area contributed by atoms with Crippen molar-refractivity contribution in [2.24, 2.45) is 50.2 Å². The minimum atomic E-state index is -4.19. The van der Waals surface area contributed by atoms with E-state index in [4.69, 9.17) is 18.8 Å². The predicted molar refractivity (Wildman–Crippen MR) is 215 cm³/mol. The number of hydrogen-bond donors (Lipinski definition) is 2. The average molecular weight is 812 g/mol. The van der Waals surface area contributed by atoms with Crippen LogP contribution in [0.3, 0.4) is 0 Å². The molecule has 11 nitrogen and oxygen atoms in total. The number of amides is 1. The number of fused-ring (bicyclic) bond motifs is 7. The Morgan fingerprint density at radius 2 is 1.53 bits per heavy atom. The van der Waals surface area contributed by atoms with Gasteiger partial charge in [-0.3, -0.25) is 18.9 Å². The number of benzene rings is 1. The lowest BCUT2D eigenvalue weighted by molar-refractivity contribution is -0.214. The van der Waals surface area contributed by atoms with Gasteiger partial charge in [-0.05, 0) is 109 Å². The third kappa shape index (κ3) is 8.32. The summed E-state index contributed by atoms with van der Waals surface area (Å²) in [7, 11) is -4.19. The second kappa shape index (κ2) is 15.7. The molecular formula is C45H65NO10S. The number of ether oxygens (including phenoxy) is 3. The zero-order chi connectivity index (χ0) is 41.7. The Morgan fingerprint density at radius 1 is 0.825 bits per heavy atom. The Balaban J connectivity index is 1.15. The van der Waals surface area contributed by atoms with Crippen LogP contribution in [-0.2, 0) is 50.1 Å². The fraction of sp³-hybridized carbons (Fsp3) is 0.733. The van der Waals surface area contributed by atoms with Crippen LogP contribution in [0.5, 0.6) is 0 Å². The molecule has 5 aliphatic rings. The first-order chi connectivity index (χ1) is 26.6. The van der Waals surface area contributed by atoms with Gasteiger partial charge in [0.2, 0.25) is 5.91 Å². The molecule has 0 aromatic heterocycles. The van der Waals surface area contributed by atoms with E-state index in [1.54, 1.807) is 0 Å². The smallest absolute Gasteiger partial charge is 0.344 e. The first-order valence-corrected chi connectivity index (χ1v) is 22.7. The zero-order valence-electron chi connectivity index (χ0n) is 35.1. The quantitative estimate of drug-likeness (QED) is 0.0923. The maximum atomic E-state index is 14.3. The summed E-state index contributed by atoms with van der Waals surface area (Å²) >= 11 is 0. The highest BCUT2D eigenvalue weighted by molar-refractivity contribution is 7.85. The predicted octanol–water partition coefficient (Wildman–Crippen LogP) is 7.77. The summed E-state index contributed by atoms with van der Waals surface area (Å²) in [5, 5.41) is 2.42. The van der Waals surface area contributed by atoms with Crippen molar-refractivity contribution in [2.75, 3.05) is 18.9 Å². The van der Waals surface area contributed by atoms with E-state index in [1.165, 1.54) is 5.57 Å². The summed E-state index contributed by atoms with van der Waals surface area (Å²) in [6, 6.07) is 9.47. The van der Waals surface area contributed by atoms with Crippen molar-refractivity contribution < 1.29 is 46.4 Å². The van der Waals surface area contributed by atoms with Crippen LogP contribution in [0.15, 0.2) is 42.0 Å². The molecule has 0 unspecified atom stereocenters. The molecule has 1 aromatic rings. The molecule has 0 saturated heterocycles. The summed E-state index contributed by atoms with van der Waals surface area (Å²) in [6.07, 6.45) is 10.7. The minimum Gasteiger partial charge on any atom is -0.462 e. The van der Waals surface area contributed by atoms with E-state index in [-0.39, 0.29) is 77.7 Å². The van der Waals surface area contributed by atoms with Crippen molar-refractivity contribution in [3.63, 3.8) is 0 Å². The molecule has 316 valence electrons. The highest BCUT2D eigenvalue weighted by Crippen LogP contribution is 2.76. The van der Waals surface area contributed by atoms with Crippen LogP contribution < -0.4 is 5.32 Å². The number of allylic oxidation sites excluding steroid dienone is 2. The number of rotatable bonds is 12. The number of nitrogens with one attached hydrogen (secondary N) is 1. The van der Waals surface area contributed by atoms with Crippen LogP contribution in [-0.4, -0.2) is 61.8 Å². The van der Waals surface area contributed by atoms with Crippen molar-refractivity contribution in [2.45, 2.75) is 138 Å². The summed E-state index contributed by atoms with van der Waals surface area (Å²) in [5.74, 6) is -1.56. The van der Waals surface area contributed by atoms with Gasteiger partial charge in [0.05, 0.1) is 17.6 Å². The largest absolute Gasteiger partial charge is 0.462 e. The van der Waals surface area contributed by atoms with Gasteiger partial charge in [-0.15, -0.1) is 0 Å². The van der Waals surface area contributed by atoms with Gasteiger partial charge in [-0.1, -0.05) is 90.4 Å². The minimum absolute atomic E-state index is 0.00319. The molecule has 8 atom stereocenters. The molecular weight excluding hydrogens is 747 g/mol. The Kier molecular flexibility index (Phi) is 12.0. The van der Waals surface area contributed by atoms with Crippen LogP contribution in [0.4, 0.5) is 0 Å². The van der Waals surface area contributed by atoms with Crippen molar-refractivity contribution in [3.05, 3.63) is 47.5 Å². The van der Waals surface area contributed by atoms with Crippen LogP contribution in [0.25, 0.3) is 0 Å². The molecule has 0 spiro atoms. The standard InChI is InChI=1S/C45H65NO10S/c1-40(2)21-23-45(39(50)55-29-38(49)54-28-30-11-9-8-10-12-30)24-22-43(6)31(32(45)27-40)13-14-34-42(5)19-18-35(41(3,4)33(42)17-20-44(34,43)7)56-37(48)16-15-36(47)46-25-26-57(51,52)53/h8-13,32-35H,14-29H2,1-7H3,(H,46,47)(H,51,52,53)/t32-,33-,34+,35-,42-,43+,44+,45-/m0/s1. The van der Waals surface area contributed by atoms with Crippen LogP contribution in [0, 0.1) is 50.2 Å². The highest BCUT2D eigenvalue weighted by Gasteiger charge is 2.69. The maximum absolute atomic E-state index is 14.3. The number of esters is 3. The zero-order valence-corrected chi connectivity index (χ0v) is 35.9. The van der Waals surface area contributed by atoms with Gasteiger partial charge in [-0.2, -0.15) is 8.42 Å². The summed E-state index contributed by atoms with van der Waals surface area (Å²) in [5.41, 5.74) is 1.26. The fourth-order valence-corrected chi connectivity index (χ4v) is 13.0. The molecule has 1 aromatic carbocycles. The second-order valence-corrected chi connectivity index (χ2v) is 21.6. The molecule has 0 bridgehead atoms. The molecule has 1 amide bonds. The molecule has 6 rings (SSSR count). The van der Waals surface area contributed by atoms with E-state index >= 15 is 0 Å². The Morgan fingerprint density at radius 3 is 2.23 bits per heavy atom. The van der Waals surface area contributed by atoms with Crippen molar-refractivity contribution in [1.29, 1.82) is 0 Å². The van der Waals surface area contributed by atoms with E-state index < -0.39 is 39.1 Å². The normalized spacial score (nSPS) is 35.1. The van der Waals surface area contributed by atoms with Gasteiger partial charge in [0.15, 0.2) is 6.61 Å². The van der Waals surface area contributed by atoms with E-state index in [2.05, 4.69) is 59.9 Å². The lowest BCUT2D eigenvalue weighted by Crippen LogP contribution is -2.65. The lowest BCUT2D eigenvalue weighted by atomic mass is 9.33. The number of hydrogen-bond acceptors (Lipinski definition) is 9. The summed E-state index contributed by atoms with van der Waals surface area (Å²) < 4.78 is 48.2. The maximum Gasteiger partial charge on any atom is 0.344 e. The molecule has 0 heterocycles. The van der Waals surface area contributed by atoms with Gasteiger partial charge in [-0.25, -0.2) is 4.79 Å². The van der Waals surface area contributed by atoms with E-state index in [9.17, 15) is 27.6 Å². The third-order valence-electron chi connectivity index (χ3n) is 16.1. The molecule has 4 fully saturated rings. The van der Waals surface area contributed by atoms with Crippen LogP contribution in [0.2, 0.25) is 0 Å². The molecule has 2 N–H and O–H groups in total. The van der Waals surface area contributed by atoms with Crippen LogP contribution >= 0.6 is 0 Å². The molecule has 4 saturated carbocycles. The van der Waals surface area contributed by atoms with E-state index in [1.807, 2.05) is 30.3 Å². The fourth-order valence-electron chi connectivity index (χ4n) is 12.7. The topological polar surface area (TPSA) is 162 Å². The van der Waals surface area contributed by atoms with Gasteiger partial charge in [0.25, 0.3) is 10.1 Å². The average Bonchev–Trinajstić information content (AvgIpc) is 3.13. The van der Waals surface area contributed by atoms with Gasteiger partial charge >= 0.3 is 17.9 Å². The van der Waals surface area contributed by atoms with Gasteiger partial charge in [0.1, 0.15) is 12.7 Å². The number of carbonyl (C=O) groups is 4. The summed E-state index contributed by atoms with van der Waals surface area (Å²) in [6.45, 7) is 16.0.